The molecule has 0 spiro atoms. The minimum Gasteiger partial charge on any atom is -0.493 e. The summed E-state index contributed by atoms with van der Waals surface area (Å²) in [5.74, 6) is 1.24. The van der Waals surface area contributed by atoms with Gasteiger partial charge in [0.25, 0.3) is 0 Å². The van der Waals surface area contributed by atoms with Crippen LogP contribution in [-0.2, 0) is 9.84 Å². The summed E-state index contributed by atoms with van der Waals surface area (Å²) in [5, 5.41) is 3.44. The van der Waals surface area contributed by atoms with E-state index < -0.39 is 9.84 Å². The molecule has 0 bridgehead atoms. The molecule has 0 radical (unpaired) electrons. The normalized spacial score (nSPS) is 13.3. The first-order valence-electron chi connectivity index (χ1n) is 8.63. The highest BCUT2D eigenvalue weighted by Crippen LogP contribution is 2.31. The molecule has 27 heavy (non-hydrogen) atoms. The van der Waals surface area contributed by atoms with Crippen molar-refractivity contribution in [2.24, 2.45) is 0 Å². The number of rotatable bonds is 9. The summed E-state index contributed by atoms with van der Waals surface area (Å²) in [7, 11) is -1.59. The van der Waals surface area contributed by atoms with Crippen molar-refractivity contribution in [1.29, 1.82) is 0 Å². The number of halogens is 1. The summed E-state index contributed by atoms with van der Waals surface area (Å²) in [6.45, 7) is 4.43. The highest BCUT2D eigenvalue weighted by atomic mass is 35.5. The third-order valence-electron chi connectivity index (χ3n) is 4.11. The lowest BCUT2D eigenvalue weighted by Crippen LogP contribution is -2.30. The Balaban J connectivity index is 0.00000364. The van der Waals surface area contributed by atoms with Gasteiger partial charge in [-0.05, 0) is 37.1 Å². The number of hydrogen-bond acceptors (Lipinski definition) is 5. The summed E-state index contributed by atoms with van der Waals surface area (Å²) in [6, 6.07) is 15.1. The third-order valence-corrected chi connectivity index (χ3v) is 5.05. The number of nitrogens with one attached hydrogen (secondary N) is 1. The van der Waals surface area contributed by atoms with Crippen LogP contribution < -0.4 is 14.8 Å². The Bertz CT molecular complexity index is 812. The van der Waals surface area contributed by atoms with Crippen LogP contribution >= 0.6 is 12.4 Å². The molecular formula is C20H28ClNO4S. The minimum absolute atomic E-state index is 0. The van der Waals surface area contributed by atoms with Gasteiger partial charge in [0.2, 0.25) is 0 Å². The van der Waals surface area contributed by atoms with Crippen molar-refractivity contribution >= 4 is 22.2 Å². The van der Waals surface area contributed by atoms with Gasteiger partial charge in [0.15, 0.2) is 11.5 Å². The molecule has 7 heteroatoms. The van der Waals surface area contributed by atoms with Crippen molar-refractivity contribution in [1.82, 2.24) is 5.32 Å². The molecule has 0 aromatic heterocycles. The van der Waals surface area contributed by atoms with Gasteiger partial charge in [-0.3, -0.25) is 0 Å². The molecular weight excluding hydrogens is 386 g/mol. The number of ether oxygens (including phenoxy) is 2. The Kier molecular flexibility index (Phi) is 9.09. The van der Waals surface area contributed by atoms with Crippen LogP contribution in [0.2, 0.25) is 0 Å². The van der Waals surface area contributed by atoms with Gasteiger partial charge in [-0.2, -0.15) is 0 Å². The van der Waals surface area contributed by atoms with Crippen molar-refractivity contribution in [2.45, 2.75) is 25.9 Å². The fraction of sp³-hybridized carbons (Fsp3) is 0.400. The Morgan fingerprint density at radius 1 is 1.04 bits per heavy atom. The summed E-state index contributed by atoms with van der Waals surface area (Å²) >= 11 is 0. The Hall–Kier alpha value is -1.76. The van der Waals surface area contributed by atoms with Gasteiger partial charge in [0.1, 0.15) is 9.84 Å². The molecule has 0 saturated carbocycles. The molecule has 2 aromatic rings. The van der Waals surface area contributed by atoms with Crippen LogP contribution in [0.4, 0.5) is 0 Å². The van der Waals surface area contributed by atoms with E-state index in [1.165, 1.54) is 6.26 Å². The summed E-state index contributed by atoms with van der Waals surface area (Å²) in [5.41, 5.74) is 1.95. The first-order chi connectivity index (χ1) is 12.3. The SMILES string of the molecule is CCOc1cc([C@@H](CS(C)(=O)=O)N[C@@H](C)c2ccccc2)ccc1OC.Cl. The largest absolute Gasteiger partial charge is 0.493 e. The van der Waals surface area contributed by atoms with Gasteiger partial charge in [0, 0.05) is 18.3 Å². The molecule has 0 aliphatic heterocycles. The predicted octanol–water partition coefficient (Wildman–Crippen LogP) is 3.95. The van der Waals surface area contributed by atoms with E-state index in [0.717, 1.165) is 11.1 Å². The monoisotopic (exact) mass is 413 g/mol. The Morgan fingerprint density at radius 2 is 1.70 bits per heavy atom. The molecule has 5 nitrogen and oxygen atoms in total. The van der Waals surface area contributed by atoms with E-state index in [9.17, 15) is 8.42 Å². The topological polar surface area (TPSA) is 64.6 Å². The molecule has 1 N–H and O–H groups in total. The zero-order valence-electron chi connectivity index (χ0n) is 16.1. The van der Waals surface area contributed by atoms with Crippen LogP contribution in [-0.4, -0.2) is 34.1 Å². The van der Waals surface area contributed by atoms with Gasteiger partial charge in [-0.15, -0.1) is 12.4 Å². The van der Waals surface area contributed by atoms with E-state index in [4.69, 9.17) is 9.47 Å². The molecule has 150 valence electrons. The van der Waals surface area contributed by atoms with Crippen LogP contribution in [0.1, 0.15) is 37.1 Å². The number of sulfone groups is 1. The number of benzene rings is 2. The molecule has 0 unspecified atom stereocenters. The summed E-state index contributed by atoms with van der Waals surface area (Å²) in [6.07, 6.45) is 1.25. The molecule has 2 rings (SSSR count). The molecule has 2 atom stereocenters. The van der Waals surface area contributed by atoms with Crippen LogP contribution in [0.15, 0.2) is 48.5 Å². The number of hydrogen-bond donors (Lipinski definition) is 1. The van der Waals surface area contributed by atoms with Gasteiger partial charge >= 0.3 is 0 Å². The Morgan fingerprint density at radius 3 is 2.26 bits per heavy atom. The lowest BCUT2D eigenvalue weighted by molar-refractivity contribution is 0.310. The molecule has 0 heterocycles. The maximum absolute atomic E-state index is 12.0. The molecule has 0 aliphatic carbocycles. The molecule has 0 amide bonds. The maximum Gasteiger partial charge on any atom is 0.161 e. The number of methoxy groups -OCH3 is 1. The lowest BCUT2D eigenvalue weighted by Gasteiger charge is -2.24. The quantitative estimate of drug-likeness (QED) is 0.674. The second-order valence-electron chi connectivity index (χ2n) is 6.29. The molecule has 0 saturated heterocycles. The van der Waals surface area contributed by atoms with Crippen LogP contribution in [0.5, 0.6) is 11.5 Å². The average molecular weight is 414 g/mol. The van der Waals surface area contributed by atoms with Crippen molar-refractivity contribution in [2.75, 3.05) is 25.7 Å². The van der Waals surface area contributed by atoms with Crippen LogP contribution in [0.3, 0.4) is 0 Å². The van der Waals surface area contributed by atoms with E-state index >= 15 is 0 Å². The first-order valence-corrected chi connectivity index (χ1v) is 10.7. The molecule has 2 aromatic carbocycles. The fourth-order valence-corrected chi connectivity index (χ4v) is 3.76. The van der Waals surface area contributed by atoms with Crippen LogP contribution in [0, 0.1) is 0 Å². The fourth-order valence-electron chi connectivity index (χ4n) is 2.86. The van der Waals surface area contributed by atoms with E-state index in [-0.39, 0.29) is 30.2 Å². The summed E-state index contributed by atoms with van der Waals surface area (Å²) in [4.78, 5) is 0. The second-order valence-corrected chi connectivity index (χ2v) is 8.47. The van der Waals surface area contributed by atoms with E-state index in [2.05, 4.69) is 5.32 Å². The highest BCUT2D eigenvalue weighted by molar-refractivity contribution is 7.90. The highest BCUT2D eigenvalue weighted by Gasteiger charge is 2.21. The summed E-state index contributed by atoms with van der Waals surface area (Å²) < 4.78 is 34.9. The van der Waals surface area contributed by atoms with Gasteiger partial charge < -0.3 is 14.8 Å². The lowest BCUT2D eigenvalue weighted by atomic mass is 10.0. The minimum atomic E-state index is -3.17. The first kappa shape index (κ1) is 23.3. The predicted molar refractivity (Wildman–Crippen MR) is 112 cm³/mol. The zero-order valence-corrected chi connectivity index (χ0v) is 17.8. The third kappa shape index (κ3) is 7.05. The van der Waals surface area contributed by atoms with Gasteiger partial charge in [0.05, 0.1) is 19.5 Å². The van der Waals surface area contributed by atoms with E-state index in [1.807, 2.05) is 62.4 Å². The van der Waals surface area contributed by atoms with Crippen molar-refractivity contribution in [3.63, 3.8) is 0 Å². The average Bonchev–Trinajstić information content (AvgIpc) is 2.61. The van der Waals surface area contributed by atoms with Crippen molar-refractivity contribution in [3.8, 4) is 11.5 Å². The van der Waals surface area contributed by atoms with Gasteiger partial charge in [-0.25, -0.2) is 8.42 Å². The van der Waals surface area contributed by atoms with E-state index in [0.29, 0.717) is 18.1 Å². The zero-order chi connectivity index (χ0) is 19.2. The van der Waals surface area contributed by atoms with Crippen molar-refractivity contribution in [3.05, 3.63) is 59.7 Å². The van der Waals surface area contributed by atoms with E-state index in [1.54, 1.807) is 7.11 Å². The van der Waals surface area contributed by atoms with Crippen molar-refractivity contribution < 1.29 is 17.9 Å². The second kappa shape index (κ2) is 10.5. The Labute approximate surface area is 168 Å². The van der Waals surface area contributed by atoms with Crippen LogP contribution in [0.25, 0.3) is 0 Å². The molecule has 0 aliphatic rings. The standard InChI is InChI=1S/C20H27NO4S.ClH/c1-5-25-20-13-17(11-12-19(20)24-3)18(14-26(4,22)23)21-15(2)16-9-7-6-8-10-16;/h6-13,15,18,21H,5,14H2,1-4H3;1H/t15-,18+;/m0./s1. The maximum atomic E-state index is 12.0. The smallest absolute Gasteiger partial charge is 0.161 e. The molecule has 0 fully saturated rings. The van der Waals surface area contributed by atoms with Gasteiger partial charge in [-0.1, -0.05) is 36.4 Å².